The zero-order valence-corrected chi connectivity index (χ0v) is 9.38. The van der Waals surface area contributed by atoms with Gasteiger partial charge in [-0.25, -0.2) is 4.98 Å². The zero-order valence-electron chi connectivity index (χ0n) is 8.56. The highest BCUT2D eigenvalue weighted by molar-refractivity contribution is 7.21. The Hall–Kier alpha value is -2.13. The molecule has 0 bridgehead atoms. The fourth-order valence-electron chi connectivity index (χ4n) is 1.38. The second kappa shape index (κ2) is 3.79. The van der Waals surface area contributed by atoms with E-state index in [4.69, 9.17) is 16.7 Å². The van der Waals surface area contributed by atoms with Crippen LogP contribution in [0.4, 0.5) is 5.69 Å². The lowest BCUT2D eigenvalue weighted by molar-refractivity contribution is 1.27. The Kier molecular flexibility index (Phi) is 2.46. The minimum atomic E-state index is 0.139. The van der Waals surface area contributed by atoms with Crippen LogP contribution in [0.2, 0.25) is 0 Å². The molecule has 0 spiro atoms. The van der Waals surface area contributed by atoms with E-state index >= 15 is 0 Å². The molecule has 0 atom stereocenters. The molecule has 4 N–H and O–H groups in total. The van der Waals surface area contributed by atoms with E-state index in [0.29, 0.717) is 10.6 Å². The molecule has 0 aliphatic carbocycles. The summed E-state index contributed by atoms with van der Waals surface area (Å²) in [4.78, 5) is 9.24. The number of pyridine rings is 1. The number of aryl methyl sites for hydroxylation is 1. The summed E-state index contributed by atoms with van der Waals surface area (Å²) in [5, 5.41) is 9.29. The summed E-state index contributed by atoms with van der Waals surface area (Å²) < 4.78 is 0. The number of anilines is 1. The van der Waals surface area contributed by atoms with Gasteiger partial charge in [0, 0.05) is 11.1 Å². The summed E-state index contributed by atoms with van der Waals surface area (Å²) >= 11 is 1.34. The minimum absolute atomic E-state index is 0.139. The van der Waals surface area contributed by atoms with Crippen molar-refractivity contribution in [1.82, 2.24) is 4.98 Å². The molecule has 6 heteroatoms. The minimum Gasteiger partial charge on any atom is -0.397 e. The Bertz CT molecular complexity index is 620. The molecular weight excluding hydrogens is 222 g/mol. The number of fused-ring (bicyclic) bond motifs is 1. The van der Waals surface area contributed by atoms with E-state index in [1.807, 2.05) is 19.1 Å². The molecule has 0 saturated carbocycles. The summed E-state index contributed by atoms with van der Waals surface area (Å²) in [7, 11) is 0. The SMILES string of the molecule is Cc1ccc2c(N)c(C(N)=NC#N)sc2n1. The van der Waals surface area contributed by atoms with Gasteiger partial charge in [-0.3, -0.25) is 0 Å². The first kappa shape index (κ1) is 10.4. The average Bonchev–Trinajstić information content (AvgIpc) is 2.56. The molecule has 0 radical (unpaired) electrons. The van der Waals surface area contributed by atoms with E-state index in [1.165, 1.54) is 11.3 Å². The number of hydrogen-bond acceptors (Lipinski definition) is 5. The maximum Gasteiger partial charge on any atom is 0.207 e. The monoisotopic (exact) mass is 231 g/mol. The largest absolute Gasteiger partial charge is 0.397 e. The molecule has 0 unspecified atom stereocenters. The second-order valence-corrected chi connectivity index (χ2v) is 4.25. The molecule has 80 valence electrons. The quantitative estimate of drug-likeness (QED) is 0.439. The molecule has 0 aliphatic rings. The molecule has 0 aromatic carbocycles. The molecule has 0 aliphatic heterocycles. The average molecular weight is 231 g/mol. The van der Waals surface area contributed by atoms with E-state index in [2.05, 4.69) is 9.98 Å². The van der Waals surface area contributed by atoms with Gasteiger partial charge < -0.3 is 11.5 Å². The fraction of sp³-hybridized carbons (Fsp3) is 0.100. The van der Waals surface area contributed by atoms with Gasteiger partial charge in [0.15, 0.2) is 5.84 Å². The third kappa shape index (κ3) is 1.57. The number of nitrogens with two attached hydrogens (primary N) is 2. The first-order chi connectivity index (χ1) is 7.63. The third-order valence-electron chi connectivity index (χ3n) is 2.14. The number of aromatic nitrogens is 1. The lowest BCUT2D eigenvalue weighted by atomic mass is 10.2. The molecule has 2 aromatic heterocycles. The number of nitrogen functional groups attached to an aromatic ring is 1. The number of nitrogens with zero attached hydrogens (tertiary/aromatic N) is 3. The third-order valence-corrected chi connectivity index (χ3v) is 3.27. The van der Waals surface area contributed by atoms with E-state index in [-0.39, 0.29) is 5.84 Å². The Morgan fingerprint density at radius 1 is 1.56 bits per heavy atom. The van der Waals surface area contributed by atoms with Gasteiger partial charge in [-0.15, -0.1) is 11.3 Å². The van der Waals surface area contributed by atoms with Gasteiger partial charge in [0.1, 0.15) is 4.83 Å². The second-order valence-electron chi connectivity index (χ2n) is 3.25. The van der Waals surface area contributed by atoms with Crippen molar-refractivity contribution >= 4 is 33.1 Å². The van der Waals surface area contributed by atoms with Crippen LogP contribution in [-0.2, 0) is 0 Å². The Balaban J connectivity index is 2.70. The van der Waals surface area contributed by atoms with Crippen molar-refractivity contribution in [2.75, 3.05) is 5.73 Å². The highest BCUT2D eigenvalue weighted by Crippen LogP contribution is 2.32. The van der Waals surface area contributed by atoms with Crippen LogP contribution in [0.3, 0.4) is 0 Å². The van der Waals surface area contributed by atoms with E-state index in [0.717, 1.165) is 15.9 Å². The summed E-state index contributed by atoms with van der Waals surface area (Å²) in [6, 6.07) is 3.78. The molecule has 2 aromatic rings. The van der Waals surface area contributed by atoms with Crippen molar-refractivity contribution in [1.29, 1.82) is 5.26 Å². The van der Waals surface area contributed by atoms with Gasteiger partial charge in [0.25, 0.3) is 0 Å². The maximum atomic E-state index is 8.44. The topological polar surface area (TPSA) is 101 Å². The Morgan fingerprint density at radius 3 is 3.00 bits per heavy atom. The molecule has 2 heterocycles. The maximum absolute atomic E-state index is 8.44. The number of nitriles is 1. The zero-order chi connectivity index (χ0) is 11.7. The Labute approximate surface area is 96.0 Å². The van der Waals surface area contributed by atoms with Crippen molar-refractivity contribution in [2.24, 2.45) is 10.7 Å². The van der Waals surface area contributed by atoms with Crippen LogP contribution in [-0.4, -0.2) is 10.8 Å². The molecule has 5 nitrogen and oxygen atoms in total. The van der Waals surface area contributed by atoms with Gasteiger partial charge in [-0.05, 0) is 19.1 Å². The molecule has 16 heavy (non-hydrogen) atoms. The van der Waals surface area contributed by atoms with Crippen LogP contribution in [0.1, 0.15) is 10.6 Å². The fourth-order valence-corrected chi connectivity index (χ4v) is 2.43. The predicted molar refractivity (Wildman–Crippen MR) is 65.1 cm³/mol. The van der Waals surface area contributed by atoms with Gasteiger partial charge in [-0.2, -0.15) is 10.3 Å². The summed E-state index contributed by atoms with van der Waals surface area (Å²) in [5.74, 6) is 0.139. The van der Waals surface area contributed by atoms with Gasteiger partial charge >= 0.3 is 0 Å². The van der Waals surface area contributed by atoms with Crippen molar-refractivity contribution in [3.63, 3.8) is 0 Å². The van der Waals surface area contributed by atoms with Crippen LogP contribution in [0.5, 0.6) is 0 Å². The van der Waals surface area contributed by atoms with Crippen LogP contribution >= 0.6 is 11.3 Å². The van der Waals surface area contributed by atoms with Crippen molar-refractivity contribution in [3.8, 4) is 6.19 Å². The molecular formula is C10H9N5S. The standard InChI is InChI=1S/C10H9N5S/c1-5-2-3-6-7(12)8(9(13)14-4-11)16-10(6)15-5/h2-3H,12H2,1H3,(H2,13,14). The van der Waals surface area contributed by atoms with Crippen LogP contribution in [0.15, 0.2) is 17.1 Å². The molecule has 0 amide bonds. The lowest BCUT2D eigenvalue weighted by Gasteiger charge is -1.95. The number of thiophene rings is 1. The number of hydrogen-bond donors (Lipinski definition) is 2. The highest BCUT2D eigenvalue weighted by Gasteiger charge is 2.13. The predicted octanol–water partition coefficient (Wildman–Crippen LogP) is 1.37. The van der Waals surface area contributed by atoms with E-state index < -0.39 is 0 Å². The van der Waals surface area contributed by atoms with E-state index in [1.54, 1.807) is 6.19 Å². The van der Waals surface area contributed by atoms with Crippen LogP contribution < -0.4 is 11.5 Å². The van der Waals surface area contributed by atoms with Crippen molar-refractivity contribution < 1.29 is 0 Å². The summed E-state index contributed by atoms with van der Waals surface area (Å²) in [6.07, 6.45) is 1.64. The van der Waals surface area contributed by atoms with Crippen LogP contribution in [0.25, 0.3) is 10.2 Å². The Morgan fingerprint density at radius 2 is 2.31 bits per heavy atom. The first-order valence-corrected chi connectivity index (χ1v) is 5.33. The normalized spacial score (nSPS) is 11.6. The summed E-state index contributed by atoms with van der Waals surface area (Å²) in [5.41, 5.74) is 13.0. The number of aliphatic imine (C=N–C) groups is 1. The molecule has 0 fully saturated rings. The van der Waals surface area contributed by atoms with Gasteiger partial charge in [0.2, 0.25) is 6.19 Å². The van der Waals surface area contributed by atoms with E-state index in [9.17, 15) is 0 Å². The lowest BCUT2D eigenvalue weighted by Crippen LogP contribution is -2.12. The van der Waals surface area contributed by atoms with Crippen molar-refractivity contribution in [2.45, 2.75) is 6.92 Å². The van der Waals surface area contributed by atoms with Gasteiger partial charge in [-0.1, -0.05) is 0 Å². The molecule has 2 rings (SSSR count). The number of amidine groups is 1. The first-order valence-electron chi connectivity index (χ1n) is 4.51. The van der Waals surface area contributed by atoms with Gasteiger partial charge in [0.05, 0.1) is 10.6 Å². The molecule has 0 saturated heterocycles. The van der Waals surface area contributed by atoms with Crippen molar-refractivity contribution in [3.05, 3.63) is 22.7 Å². The highest BCUT2D eigenvalue weighted by atomic mass is 32.1. The summed E-state index contributed by atoms with van der Waals surface area (Å²) in [6.45, 7) is 1.90. The number of rotatable bonds is 1. The van der Waals surface area contributed by atoms with Crippen LogP contribution in [0, 0.1) is 18.4 Å². The smallest absolute Gasteiger partial charge is 0.207 e.